The number of carbonyl (C=O) groups is 1. The van der Waals surface area contributed by atoms with Crippen LogP contribution in [0, 0.1) is 0 Å². The van der Waals surface area contributed by atoms with E-state index in [1.807, 2.05) is 24.3 Å². The van der Waals surface area contributed by atoms with E-state index < -0.39 is 0 Å². The van der Waals surface area contributed by atoms with Crippen molar-refractivity contribution in [2.45, 2.75) is 6.54 Å². The molecule has 3 rings (SSSR count). The lowest BCUT2D eigenvalue weighted by Crippen LogP contribution is -2.11. The fraction of sp³-hybridized carbons (Fsp3) is 0.0625. The molecule has 6 heteroatoms. The van der Waals surface area contributed by atoms with Gasteiger partial charge in [-0.15, -0.1) is 0 Å². The summed E-state index contributed by atoms with van der Waals surface area (Å²) >= 11 is 6.13. The van der Waals surface area contributed by atoms with Gasteiger partial charge in [0.1, 0.15) is 0 Å². The lowest BCUT2D eigenvalue weighted by Gasteiger charge is -2.04. The molecule has 0 atom stereocenters. The lowest BCUT2D eigenvalue weighted by atomic mass is 10.2. The second-order valence-corrected chi connectivity index (χ2v) is 5.12. The number of carbonyl (C=O) groups excluding carboxylic acids is 1. The predicted molar refractivity (Wildman–Crippen MR) is 85.0 cm³/mol. The fourth-order valence-electron chi connectivity index (χ4n) is 2.02. The first-order valence-electron chi connectivity index (χ1n) is 6.69. The van der Waals surface area contributed by atoms with E-state index >= 15 is 0 Å². The van der Waals surface area contributed by atoms with E-state index in [-0.39, 0.29) is 5.91 Å². The Balaban J connectivity index is 1.69. The Kier molecular flexibility index (Phi) is 4.16. The third-order valence-electron chi connectivity index (χ3n) is 3.12. The zero-order valence-electron chi connectivity index (χ0n) is 11.6. The molecular weight excluding hydrogens is 300 g/mol. The molecule has 0 aliphatic rings. The molecule has 110 valence electrons. The summed E-state index contributed by atoms with van der Waals surface area (Å²) < 4.78 is 1.73. The predicted octanol–water partition coefficient (Wildman–Crippen LogP) is 3.23. The summed E-state index contributed by atoms with van der Waals surface area (Å²) in [5.41, 5.74) is 2.15. The molecule has 0 saturated carbocycles. The highest BCUT2D eigenvalue weighted by Gasteiger charge is 2.08. The first kappa shape index (κ1) is 14.3. The van der Waals surface area contributed by atoms with Crippen molar-refractivity contribution in [3.63, 3.8) is 0 Å². The van der Waals surface area contributed by atoms with Crippen LogP contribution in [0.15, 0.2) is 61.2 Å². The van der Waals surface area contributed by atoms with E-state index in [4.69, 9.17) is 11.6 Å². The van der Waals surface area contributed by atoms with Gasteiger partial charge in [0.15, 0.2) is 0 Å². The van der Waals surface area contributed by atoms with Crippen LogP contribution in [0.4, 0.5) is 5.69 Å². The van der Waals surface area contributed by atoms with Crippen molar-refractivity contribution in [3.05, 3.63) is 77.3 Å². The molecule has 1 amide bonds. The van der Waals surface area contributed by atoms with Gasteiger partial charge in [-0.25, -0.2) is 0 Å². The number of amides is 1. The topological polar surface area (TPSA) is 59.8 Å². The Morgan fingerprint density at radius 1 is 1.18 bits per heavy atom. The maximum atomic E-state index is 12.0. The first-order chi connectivity index (χ1) is 10.7. The lowest BCUT2D eigenvalue weighted by molar-refractivity contribution is 0.102. The number of nitrogens with one attached hydrogen (secondary N) is 1. The number of aromatic nitrogens is 3. The van der Waals surface area contributed by atoms with Crippen LogP contribution >= 0.6 is 11.6 Å². The van der Waals surface area contributed by atoms with Crippen LogP contribution in [0.25, 0.3) is 0 Å². The number of halogens is 1. The number of hydrogen-bond acceptors (Lipinski definition) is 3. The summed E-state index contributed by atoms with van der Waals surface area (Å²) in [6, 6.07) is 10.9. The summed E-state index contributed by atoms with van der Waals surface area (Å²) in [6.45, 7) is 0.546. The number of pyridine rings is 1. The van der Waals surface area contributed by atoms with Crippen LogP contribution < -0.4 is 5.32 Å². The second-order valence-electron chi connectivity index (χ2n) is 4.71. The third-order valence-corrected chi connectivity index (χ3v) is 3.49. The number of rotatable bonds is 4. The number of hydrogen-bond donors (Lipinski definition) is 1. The molecule has 0 aliphatic heterocycles. The Labute approximate surface area is 132 Å². The van der Waals surface area contributed by atoms with Crippen LogP contribution in [0.3, 0.4) is 0 Å². The van der Waals surface area contributed by atoms with E-state index in [2.05, 4.69) is 15.4 Å². The van der Waals surface area contributed by atoms with Gasteiger partial charge in [0.25, 0.3) is 5.91 Å². The molecule has 0 aliphatic carbocycles. The van der Waals surface area contributed by atoms with E-state index in [0.717, 1.165) is 5.56 Å². The summed E-state index contributed by atoms with van der Waals surface area (Å²) in [5.74, 6) is -0.195. The number of nitrogens with zero attached hydrogens (tertiary/aromatic N) is 3. The number of benzene rings is 1. The van der Waals surface area contributed by atoms with Gasteiger partial charge in [-0.1, -0.05) is 29.8 Å². The maximum absolute atomic E-state index is 12.0. The molecule has 2 aromatic heterocycles. The molecule has 2 heterocycles. The smallest absolute Gasteiger partial charge is 0.255 e. The average molecular weight is 313 g/mol. The zero-order chi connectivity index (χ0) is 15.4. The molecule has 0 saturated heterocycles. The first-order valence-corrected chi connectivity index (χ1v) is 7.07. The van der Waals surface area contributed by atoms with Crippen LogP contribution in [-0.4, -0.2) is 20.7 Å². The fourth-order valence-corrected chi connectivity index (χ4v) is 2.22. The van der Waals surface area contributed by atoms with Gasteiger partial charge >= 0.3 is 0 Å². The monoisotopic (exact) mass is 312 g/mol. The van der Waals surface area contributed by atoms with Gasteiger partial charge in [-0.3, -0.25) is 14.5 Å². The highest BCUT2D eigenvalue weighted by molar-refractivity contribution is 6.31. The van der Waals surface area contributed by atoms with Gasteiger partial charge in [-0.05, 0) is 23.8 Å². The van der Waals surface area contributed by atoms with Crippen LogP contribution in [0.2, 0.25) is 5.02 Å². The van der Waals surface area contributed by atoms with Crippen molar-refractivity contribution in [2.75, 3.05) is 5.32 Å². The van der Waals surface area contributed by atoms with E-state index in [0.29, 0.717) is 22.8 Å². The molecule has 1 N–H and O–H groups in total. The Bertz CT molecular complexity index is 786. The molecule has 0 unspecified atom stereocenters. The molecule has 3 aromatic rings. The summed E-state index contributed by atoms with van der Waals surface area (Å²) in [6.07, 6.45) is 6.53. The van der Waals surface area contributed by atoms with Crippen LogP contribution in [-0.2, 0) is 6.54 Å². The van der Waals surface area contributed by atoms with E-state index in [1.165, 1.54) is 0 Å². The van der Waals surface area contributed by atoms with Crippen molar-refractivity contribution in [1.29, 1.82) is 0 Å². The Morgan fingerprint density at radius 3 is 2.73 bits per heavy atom. The summed E-state index contributed by atoms with van der Waals surface area (Å²) in [7, 11) is 0. The molecule has 0 fully saturated rings. The van der Waals surface area contributed by atoms with E-state index in [1.54, 1.807) is 41.6 Å². The van der Waals surface area contributed by atoms with Gasteiger partial charge in [0, 0.05) is 29.2 Å². The van der Waals surface area contributed by atoms with Crippen molar-refractivity contribution in [1.82, 2.24) is 14.8 Å². The van der Waals surface area contributed by atoms with Crippen molar-refractivity contribution >= 4 is 23.2 Å². The molecule has 22 heavy (non-hydrogen) atoms. The maximum Gasteiger partial charge on any atom is 0.255 e. The standard InChI is InChI=1S/C16H13ClN4O/c17-15-4-2-1-3-13(15)10-21-11-14(9-19-21)20-16(22)12-5-7-18-8-6-12/h1-9,11H,10H2,(H,20,22). The highest BCUT2D eigenvalue weighted by Crippen LogP contribution is 2.17. The second kappa shape index (κ2) is 6.41. The minimum absolute atomic E-state index is 0.195. The average Bonchev–Trinajstić information content (AvgIpc) is 2.97. The summed E-state index contributed by atoms with van der Waals surface area (Å²) in [4.78, 5) is 15.9. The molecule has 5 nitrogen and oxygen atoms in total. The van der Waals surface area contributed by atoms with Crippen molar-refractivity contribution in [3.8, 4) is 0 Å². The third kappa shape index (κ3) is 3.32. The van der Waals surface area contributed by atoms with Crippen LogP contribution in [0.1, 0.15) is 15.9 Å². The van der Waals surface area contributed by atoms with Crippen molar-refractivity contribution in [2.24, 2.45) is 0 Å². The Hall–Kier alpha value is -2.66. The van der Waals surface area contributed by atoms with Gasteiger partial charge in [0.2, 0.25) is 0 Å². The van der Waals surface area contributed by atoms with Gasteiger partial charge < -0.3 is 5.32 Å². The molecule has 0 bridgehead atoms. The minimum atomic E-state index is -0.195. The normalized spacial score (nSPS) is 10.4. The minimum Gasteiger partial charge on any atom is -0.319 e. The van der Waals surface area contributed by atoms with Gasteiger partial charge in [-0.2, -0.15) is 5.10 Å². The SMILES string of the molecule is O=C(Nc1cnn(Cc2ccccc2Cl)c1)c1ccncc1. The Morgan fingerprint density at radius 2 is 1.95 bits per heavy atom. The van der Waals surface area contributed by atoms with Gasteiger partial charge in [0.05, 0.1) is 18.4 Å². The molecule has 0 spiro atoms. The molecular formula is C16H13ClN4O. The quantitative estimate of drug-likeness (QED) is 0.804. The van der Waals surface area contributed by atoms with E-state index in [9.17, 15) is 4.79 Å². The van der Waals surface area contributed by atoms with Crippen LogP contribution in [0.5, 0.6) is 0 Å². The largest absolute Gasteiger partial charge is 0.319 e. The zero-order valence-corrected chi connectivity index (χ0v) is 12.4. The number of anilines is 1. The molecule has 0 radical (unpaired) electrons. The van der Waals surface area contributed by atoms with Crippen molar-refractivity contribution < 1.29 is 4.79 Å². The molecule has 1 aromatic carbocycles. The summed E-state index contributed by atoms with van der Waals surface area (Å²) in [5, 5.41) is 7.72. The highest BCUT2D eigenvalue weighted by atomic mass is 35.5.